The lowest BCUT2D eigenvalue weighted by Crippen LogP contribution is -2.26. The van der Waals surface area contributed by atoms with Crippen molar-refractivity contribution in [1.29, 1.82) is 0 Å². The molecule has 1 N–H and O–H groups in total. The molecule has 3 aromatic heterocycles. The predicted octanol–water partition coefficient (Wildman–Crippen LogP) is 4.30. The van der Waals surface area contributed by atoms with E-state index in [1.165, 1.54) is 12.8 Å². The van der Waals surface area contributed by atoms with Crippen LogP contribution in [0.25, 0.3) is 23.0 Å². The number of nitrogens with one attached hydrogen (secondary N) is 1. The molecule has 4 aromatic rings. The molecule has 1 aromatic carbocycles. The Hall–Kier alpha value is -3.55. The standard InChI is InChI=1S/C23H24N8/c1-3-17-22-29-25-13-31(22)19-18(14(2)15-9-10-15)27-23(28-20(19)26-17)30-12-11-24-21(30)16-7-5-4-6-8-16/h4-8,11-15,17H,3,9-10H2,1-2H3,(H,26,27,28)/t14?,17-/m1/s1. The molecule has 1 unspecified atom stereocenters. The Labute approximate surface area is 180 Å². The lowest BCUT2D eigenvalue weighted by atomic mass is 9.99. The first-order valence-corrected chi connectivity index (χ1v) is 10.9. The third-order valence-electron chi connectivity index (χ3n) is 6.39. The first-order valence-electron chi connectivity index (χ1n) is 10.9. The van der Waals surface area contributed by atoms with Crippen LogP contribution in [0, 0.1) is 5.92 Å². The van der Waals surface area contributed by atoms with Crippen LogP contribution < -0.4 is 5.32 Å². The highest BCUT2D eigenvalue weighted by molar-refractivity contribution is 5.65. The monoisotopic (exact) mass is 412 g/mol. The second-order valence-corrected chi connectivity index (χ2v) is 8.38. The molecule has 31 heavy (non-hydrogen) atoms. The lowest BCUT2D eigenvalue weighted by molar-refractivity contribution is 0.609. The Morgan fingerprint density at radius 2 is 1.97 bits per heavy atom. The van der Waals surface area contributed by atoms with Gasteiger partial charge in [-0.2, -0.15) is 4.98 Å². The van der Waals surface area contributed by atoms with Crippen molar-refractivity contribution in [1.82, 2.24) is 34.3 Å². The zero-order chi connectivity index (χ0) is 20.9. The van der Waals surface area contributed by atoms with Gasteiger partial charge in [0.2, 0.25) is 5.95 Å². The van der Waals surface area contributed by atoms with E-state index >= 15 is 0 Å². The van der Waals surface area contributed by atoms with E-state index in [2.05, 4.69) is 51.0 Å². The van der Waals surface area contributed by atoms with E-state index in [0.29, 0.717) is 17.8 Å². The van der Waals surface area contributed by atoms with Gasteiger partial charge in [0, 0.05) is 23.9 Å². The normalized spacial score (nSPS) is 18.2. The van der Waals surface area contributed by atoms with Crippen LogP contribution >= 0.6 is 0 Å². The van der Waals surface area contributed by atoms with Gasteiger partial charge < -0.3 is 5.32 Å². The summed E-state index contributed by atoms with van der Waals surface area (Å²) in [6.07, 6.45) is 8.91. The van der Waals surface area contributed by atoms with Crippen LogP contribution in [-0.4, -0.2) is 34.3 Å². The van der Waals surface area contributed by atoms with Crippen LogP contribution in [0.4, 0.5) is 5.82 Å². The van der Waals surface area contributed by atoms with Gasteiger partial charge in [0.15, 0.2) is 11.6 Å². The molecule has 1 aliphatic carbocycles. The van der Waals surface area contributed by atoms with Gasteiger partial charge >= 0.3 is 0 Å². The maximum atomic E-state index is 5.10. The van der Waals surface area contributed by atoms with Crippen LogP contribution in [0.1, 0.15) is 56.6 Å². The Balaban J connectivity index is 1.56. The number of anilines is 1. The molecule has 0 spiro atoms. The fraction of sp³-hybridized carbons (Fsp3) is 0.348. The van der Waals surface area contributed by atoms with Crippen LogP contribution in [0.15, 0.2) is 49.1 Å². The second-order valence-electron chi connectivity index (χ2n) is 8.38. The summed E-state index contributed by atoms with van der Waals surface area (Å²) in [5.41, 5.74) is 3.05. The number of aromatic nitrogens is 7. The van der Waals surface area contributed by atoms with Gasteiger partial charge in [-0.05, 0) is 25.2 Å². The largest absolute Gasteiger partial charge is 0.358 e. The molecule has 0 saturated heterocycles. The third-order valence-corrected chi connectivity index (χ3v) is 6.39. The van der Waals surface area contributed by atoms with Gasteiger partial charge in [-0.15, -0.1) is 10.2 Å². The molecular weight excluding hydrogens is 388 g/mol. The molecule has 0 bridgehead atoms. The van der Waals surface area contributed by atoms with Crippen molar-refractivity contribution in [2.24, 2.45) is 5.92 Å². The van der Waals surface area contributed by atoms with Crippen molar-refractivity contribution < 1.29 is 0 Å². The van der Waals surface area contributed by atoms with Gasteiger partial charge in [-0.25, -0.2) is 9.97 Å². The molecule has 2 atom stereocenters. The Morgan fingerprint density at radius 3 is 2.74 bits per heavy atom. The van der Waals surface area contributed by atoms with Crippen LogP contribution in [0.2, 0.25) is 0 Å². The molecule has 1 fully saturated rings. The number of fused-ring (bicyclic) bond motifs is 3. The maximum absolute atomic E-state index is 5.10. The van der Waals surface area contributed by atoms with E-state index in [4.69, 9.17) is 9.97 Å². The molecule has 8 heteroatoms. The summed E-state index contributed by atoms with van der Waals surface area (Å²) < 4.78 is 4.05. The highest BCUT2D eigenvalue weighted by atomic mass is 15.3. The summed E-state index contributed by atoms with van der Waals surface area (Å²) in [6.45, 7) is 4.41. The van der Waals surface area contributed by atoms with E-state index in [-0.39, 0.29) is 6.04 Å². The molecule has 1 saturated carbocycles. The van der Waals surface area contributed by atoms with E-state index in [0.717, 1.165) is 40.8 Å². The van der Waals surface area contributed by atoms with Crippen molar-refractivity contribution in [2.45, 2.75) is 45.1 Å². The van der Waals surface area contributed by atoms with Crippen molar-refractivity contribution in [3.63, 3.8) is 0 Å². The smallest absolute Gasteiger partial charge is 0.237 e. The number of nitrogens with zero attached hydrogens (tertiary/aromatic N) is 7. The topological polar surface area (TPSA) is 86.3 Å². The summed E-state index contributed by atoms with van der Waals surface area (Å²) in [6, 6.07) is 10.2. The molecule has 6 rings (SSSR count). The Morgan fingerprint density at radius 1 is 1.13 bits per heavy atom. The van der Waals surface area contributed by atoms with E-state index in [1.807, 2.05) is 29.0 Å². The summed E-state index contributed by atoms with van der Waals surface area (Å²) in [4.78, 5) is 14.7. The quantitative estimate of drug-likeness (QED) is 0.526. The Bertz CT molecular complexity index is 1240. The van der Waals surface area contributed by atoms with Crippen LogP contribution in [0.5, 0.6) is 0 Å². The van der Waals surface area contributed by atoms with Gasteiger partial charge in [-0.1, -0.05) is 44.2 Å². The maximum Gasteiger partial charge on any atom is 0.237 e. The van der Waals surface area contributed by atoms with E-state index in [9.17, 15) is 0 Å². The van der Waals surface area contributed by atoms with Gasteiger partial charge in [0.25, 0.3) is 0 Å². The van der Waals surface area contributed by atoms with Crippen LogP contribution in [0.3, 0.4) is 0 Å². The van der Waals surface area contributed by atoms with Crippen molar-refractivity contribution in [2.75, 3.05) is 5.32 Å². The molecule has 156 valence electrons. The van der Waals surface area contributed by atoms with Crippen LogP contribution in [-0.2, 0) is 0 Å². The number of benzene rings is 1. The van der Waals surface area contributed by atoms with Gasteiger partial charge in [0.1, 0.15) is 17.8 Å². The number of hydrogen-bond acceptors (Lipinski definition) is 6. The molecule has 0 radical (unpaired) electrons. The minimum Gasteiger partial charge on any atom is -0.358 e. The molecule has 0 amide bonds. The zero-order valence-electron chi connectivity index (χ0n) is 17.6. The summed E-state index contributed by atoms with van der Waals surface area (Å²) in [5.74, 6) is 4.21. The third kappa shape index (κ3) is 2.93. The van der Waals surface area contributed by atoms with E-state index in [1.54, 1.807) is 12.5 Å². The number of imidazole rings is 1. The minimum absolute atomic E-state index is 0.0678. The van der Waals surface area contributed by atoms with Gasteiger partial charge in [-0.3, -0.25) is 9.13 Å². The molecule has 4 heterocycles. The zero-order valence-corrected chi connectivity index (χ0v) is 17.6. The average Bonchev–Trinajstić information content (AvgIpc) is 3.33. The first kappa shape index (κ1) is 18.2. The van der Waals surface area contributed by atoms with Gasteiger partial charge in [0.05, 0.1) is 11.7 Å². The summed E-state index contributed by atoms with van der Waals surface area (Å²) in [5, 5.41) is 12.2. The predicted molar refractivity (Wildman–Crippen MR) is 117 cm³/mol. The highest BCUT2D eigenvalue weighted by Gasteiger charge is 2.36. The SMILES string of the molecule is CC[C@H]1Nc2nc(-n3ccnc3-c3ccccc3)nc(C(C)C3CC3)c2-n2cnnc21. The Kier molecular flexibility index (Phi) is 4.12. The second kappa shape index (κ2) is 7.01. The fourth-order valence-corrected chi connectivity index (χ4v) is 4.48. The number of hydrogen-bond donors (Lipinski definition) is 1. The molecule has 1 aliphatic heterocycles. The minimum atomic E-state index is 0.0678. The summed E-state index contributed by atoms with van der Waals surface area (Å²) >= 11 is 0. The van der Waals surface area contributed by atoms with E-state index < -0.39 is 0 Å². The summed E-state index contributed by atoms with van der Waals surface area (Å²) in [7, 11) is 0. The molecule has 8 nitrogen and oxygen atoms in total. The average molecular weight is 413 g/mol. The number of rotatable bonds is 5. The van der Waals surface area contributed by atoms with Crippen molar-refractivity contribution >= 4 is 5.82 Å². The fourth-order valence-electron chi connectivity index (χ4n) is 4.48. The van der Waals surface area contributed by atoms with Crippen molar-refractivity contribution in [3.8, 4) is 23.0 Å². The van der Waals surface area contributed by atoms with Crippen molar-refractivity contribution in [3.05, 3.63) is 60.6 Å². The highest BCUT2D eigenvalue weighted by Crippen LogP contribution is 2.46. The molecule has 2 aliphatic rings. The lowest BCUT2D eigenvalue weighted by Gasteiger charge is -2.29. The molecular formula is C23H24N8. The first-order chi connectivity index (χ1) is 15.2.